The molecule has 1 atom stereocenters. The third kappa shape index (κ3) is 5.23. The Labute approximate surface area is 111 Å². The molecule has 0 aliphatic rings. The van der Waals surface area contributed by atoms with Crippen molar-refractivity contribution < 1.29 is 18.7 Å². The minimum atomic E-state index is -0.505. The van der Waals surface area contributed by atoms with Crippen LogP contribution < -0.4 is 15.8 Å². The number of ether oxygens (including phenoxy) is 2. The zero-order valence-electron chi connectivity index (χ0n) is 11.1. The number of hydrogen-bond acceptors (Lipinski definition) is 4. The maximum Gasteiger partial charge on any atom is 0.243 e. The van der Waals surface area contributed by atoms with Gasteiger partial charge in [0.05, 0.1) is 13.7 Å². The van der Waals surface area contributed by atoms with E-state index in [0.29, 0.717) is 24.5 Å². The van der Waals surface area contributed by atoms with Crippen LogP contribution in [0.3, 0.4) is 0 Å². The molecule has 0 spiro atoms. The molecule has 3 N–H and O–H groups in total. The second kappa shape index (κ2) is 7.70. The third-order valence-corrected chi connectivity index (χ3v) is 2.62. The summed E-state index contributed by atoms with van der Waals surface area (Å²) < 4.78 is 23.7. The summed E-state index contributed by atoms with van der Waals surface area (Å²) in [4.78, 5) is 10.4. The lowest BCUT2D eigenvalue weighted by molar-refractivity contribution is -0.122. The van der Waals surface area contributed by atoms with E-state index in [1.165, 1.54) is 13.2 Å². The zero-order valence-corrected chi connectivity index (χ0v) is 11.1. The van der Waals surface area contributed by atoms with Crippen LogP contribution in [0.4, 0.5) is 4.39 Å². The van der Waals surface area contributed by atoms with Gasteiger partial charge in [0.1, 0.15) is 18.2 Å². The summed E-state index contributed by atoms with van der Waals surface area (Å²) in [5, 5.41) is 3.09. The molecule has 0 fully saturated rings. The minimum absolute atomic E-state index is 0.104. The Morgan fingerprint density at radius 3 is 2.84 bits per heavy atom. The van der Waals surface area contributed by atoms with Gasteiger partial charge in [0.25, 0.3) is 0 Å². The fourth-order valence-electron chi connectivity index (χ4n) is 1.62. The molecular weight excluding hydrogens is 251 g/mol. The molecule has 106 valence electrons. The van der Waals surface area contributed by atoms with Crippen molar-refractivity contribution in [3.05, 3.63) is 29.6 Å². The molecule has 1 aromatic rings. The smallest absolute Gasteiger partial charge is 0.243 e. The molecule has 0 saturated carbocycles. The highest BCUT2D eigenvalue weighted by Gasteiger charge is 2.11. The molecule has 0 aliphatic heterocycles. The number of rotatable bonds is 8. The van der Waals surface area contributed by atoms with Gasteiger partial charge in [-0.25, -0.2) is 4.39 Å². The maximum absolute atomic E-state index is 13.8. The number of carbonyl (C=O) groups is 1. The molecule has 1 amide bonds. The van der Waals surface area contributed by atoms with Crippen molar-refractivity contribution in [1.82, 2.24) is 5.32 Å². The van der Waals surface area contributed by atoms with Gasteiger partial charge in [0.15, 0.2) is 0 Å². The number of halogens is 1. The lowest BCUT2D eigenvalue weighted by Crippen LogP contribution is -2.26. The van der Waals surface area contributed by atoms with Crippen LogP contribution in [0.1, 0.15) is 18.5 Å². The number of amides is 1. The van der Waals surface area contributed by atoms with Crippen molar-refractivity contribution in [2.75, 3.05) is 26.9 Å². The molecule has 1 aromatic carbocycles. The monoisotopic (exact) mass is 270 g/mol. The summed E-state index contributed by atoms with van der Waals surface area (Å²) in [5.74, 6) is -0.343. The highest BCUT2D eigenvalue weighted by molar-refractivity contribution is 5.74. The van der Waals surface area contributed by atoms with E-state index in [4.69, 9.17) is 15.2 Å². The van der Waals surface area contributed by atoms with Crippen LogP contribution in [0, 0.1) is 5.82 Å². The predicted molar refractivity (Wildman–Crippen MR) is 69.4 cm³/mol. The normalized spacial score (nSPS) is 12.2. The number of nitrogens with two attached hydrogens (primary N) is 1. The molecule has 0 radical (unpaired) electrons. The molecule has 0 aromatic heterocycles. The fraction of sp³-hybridized carbons (Fsp3) is 0.462. The van der Waals surface area contributed by atoms with Gasteiger partial charge in [-0.15, -0.1) is 0 Å². The Bertz CT molecular complexity index is 426. The number of benzene rings is 1. The second-order valence-electron chi connectivity index (χ2n) is 4.08. The number of hydrogen-bond donors (Lipinski definition) is 2. The van der Waals surface area contributed by atoms with Crippen molar-refractivity contribution in [2.45, 2.75) is 13.0 Å². The molecule has 0 heterocycles. The van der Waals surface area contributed by atoms with E-state index in [1.807, 2.05) is 6.92 Å². The van der Waals surface area contributed by atoms with Crippen molar-refractivity contribution in [1.29, 1.82) is 0 Å². The van der Waals surface area contributed by atoms with Crippen LogP contribution in [0.2, 0.25) is 0 Å². The Balaban J connectivity index is 2.40. The molecule has 0 aliphatic carbocycles. The molecule has 6 heteroatoms. The van der Waals surface area contributed by atoms with Gasteiger partial charge in [-0.3, -0.25) is 4.79 Å². The third-order valence-electron chi connectivity index (χ3n) is 2.62. The van der Waals surface area contributed by atoms with E-state index < -0.39 is 5.91 Å². The predicted octanol–water partition coefficient (Wildman–Crippen LogP) is 0.987. The van der Waals surface area contributed by atoms with Gasteiger partial charge >= 0.3 is 0 Å². The molecule has 5 nitrogen and oxygen atoms in total. The lowest BCUT2D eigenvalue weighted by Gasteiger charge is -2.15. The summed E-state index contributed by atoms with van der Waals surface area (Å²) in [5.41, 5.74) is 5.48. The first kappa shape index (κ1) is 15.4. The van der Waals surface area contributed by atoms with Gasteiger partial charge in [0.2, 0.25) is 5.91 Å². The van der Waals surface area contributed by atoms with Crippen LogP contribution in [0.25, 0.3) is 0 Å². The van der Waals surface area contributed by atoms with Crippen LogP contribution in [0.15, 0.2) is 18.2 Å². The first-order chi connectivity index (χ1) is 9.04. The minimum Gasteiger partial charge on any atom is -0.497 e. The van der Waals surface area contributed by atoms with Crippen molar-refractivity contribution in [2.24, 2.45) is 5.73 Å². The summed E-state index contributed by atoms with van der Waals surface area (Å²) in [6.07, 6.45) is 0. The molecular formula is C13H19FN2O3. The van der Waals surface area contributed by atoms with E-state index in [-0.39, 0.29) is 18.5 Å². The van der Waals surface area contributed by atoms with Crippen LogP contribution in [-0.4, -0.2) is 32.8 Å². The lowest BCUT2D eigenvalue weighted by atomic mass is 10.1. The molecule has 19 heavy (non-hydrogen) atoms. The van der Waals surface area contributed by atoms with E-state index in [2.05, 4.69) is 5.32 Å². The highest BCUT2D eigenvalue weighted by Crippen LogP contribution is 2.21. The van der Waals surface area contributed by atoms with Gasteiger partial charge < -0.3 is 20.5 Å². The Morgan fingerprint density at radius 2 is 2.26 bits per heavy atom. The zero-order chi connectivity index (χ0) is 14.3. The number of primary amides is 1. The first-order valence-electron chi connectivity index (χ1n) is 5.97. The largest absolute Gasteiger partial charge is 0.497 e. The second-order valence-corrected chi connectivity index (χ2v) is 4.08. The maximum atomic E-state index is 13.8. The van der Waals surface area contributed by atoms with Gasteiger partial charge in [-0.05, 0) is 13.0 Å². The molecule has 1 rings (SSSR count). The number of methoxy groups -OCH3 is 1. The van der Waals surface area contributed by atoms with Gasteiger partial charge in [-0.1, -0.05) is 6.07 Å². The Kier molecular flexibility index (Phi) is 6.24. The van der Waals surface area contributed by atoms with E-state index in [1.54, 1.807) is 12.1 Å². The van der Waals surface area contributed by atoms with Crippen molar-refractivity contribution in [3.8, 4) is 5.75 Å². The van der Waals surface area contributed by atoms with E-state index >= 15 is 0 Å². The average Bonchev–Trinajstić information content (AvgIpc) is 2.37. The molecule has 1 unspecified atom stereocenters. The van der Waals surface area contributed by atoms with Crippen molar-refractivity contribution >= 4 is 5.91 Å². The summed E-state index contributed by atoms with van der Waals surface area (Å²) in [6.45, 7) is 2.58. The first-order valence-corrected chi connectivity index (χ1v) is 5.97. The van der Waals surface area contributed by atoms with Crippen LogP contribution in [0.5, 0.6) is 5.75 Å². The summed E-state index contributed by atoms with van der Waals surface area (Å²) in [7, 11) is 1.49. The number of carbonyl (C=O) groups excluding carboxylic acids is 1. The van der Waals surface area contributed by atoms with Crippen molar-refractivity contribution in [3.63, 3.8) is 0 Å². The summed E-state index contributed by atoms with van der Waals surface area (Å²) in [6, 6.07) is 4.57. The SMILES string of the molecule is COc1ccc(C(C)NCCOCC(N)=O)c(F)c1. The summed E-state index contributed by atoms with van der Waals surface area (Å²) >= 11 is 0. The van der Waals surface area contributed by atoms with Crippen LogP contribution in [-0.2, 0) is 9.53 Å². The van der Waals surface area contributed by atoms with Crippen LogP contribution >= 0.6 is 0 Å². The van der Waals surface area contributed by atoms with Gasteiger partial charge in [0, 0.05) is 24.2 Å². The van der Waals surface area contributed by atoms with E-state index in [9.17, 15) is 9.18 Å². The number of nitrogens with one attached hydrogen (secondary N) is 1. The van der Waals surface area contributed by atoms with E-state index in [0.717, 1.165) is 0 Å². The standard InChI is InChI=1S/C13H19FN2O3/c1-9(16-5-6-19-8-13(15)17)11-4-3-10(18-2)7-12(11)14/h3-4,7,9,16H,5-6,8H2,1-2H3,(H2,15,17). The Morgan fingerprint density at radius 1 is 1.53 bits per heavy atom. The topological polar surface area (TPSA) is 73.6 Å². The fourth-order valence-corrected chi connectivity index (χ4v) is 1.62. The Hall–Kier alpha value is -1.66. The quantitative estimate of drug-likeness (QED) is 0.691. The molecule has 0 saturated heterocycles. The molecule has 0 bridgehead atoms. The van der Waals surface area contributed by atoms with Gasteiger partial charge in [-0.2, -0.15) is 0 Å². The average molecular weight is 270 g/mol. The highest BCUT2D eigenvalue weighted by atomic mass is 19.1.